The number of rotatable bonds is 4. The van der Waals surface area contributed by atoms with Crippen molar-refractivity contribution in [1.29, 1.82) is 5.26 Å². The number of aromatic nitrogens is 4. The molecule has 0 spiro atoms. The zero-order chi connectivity index (χ0) is 18.9. The Kier molecular flexibility index (Phi) is 4.18. The zero-order valence-electron chi connectivity index (χ0n) is 14.5. The lowest BCUT2D eigenvalue weighted by atomic mass is 9.91. The third-order valence-electron chi connectivity index (χ3n) is 3.91. The number of hydrogen-bond acceptors (Lipinski definition) is 7. The first-order chi connectivity index (χ1) is 12.4. The van der Waals surface area contributed by atoms with Gasteiger partial charge in [0, 0.05) is 18.5 Å². The molecule has 0 bridgehead atoms. The van der Waals surface area contributed by atoms with Crippen molar-refractivity contribution in [1.82, 2.24) is 19.6 Å². The van der Waals surface area contributed by atoms with Crippen molar-refractivity contribution in [2.24, 2.45) is 0 Å². The quantitative estimate of drug-likeness (QED) is 0.732. The Labute approximate surface area is 149 Å². The number of fused-ring (bicyclic) bond motifs is 1. The molecule has 0 saturated heterocycles. The molecule has 3 heterocycles. The molecule has 3 aromatic rings. The highest BCUT2D eigenvalue weighted by atomic mass is 16.5. The number of carbonyl (C=O) groups excluding carboxylic acids is 1. The van der Waals surface area contributed by atoms with Crippen molar-refractivity contribution in [2.45, 2.75) is 19.3 Å². The molecule has 0 aliphatic rings. The fourth-order valence-electron chi connectivity index (χ4n) is 2.41. The molecule has 0 aliphatic carbocycles. The summed E-state index contributed by atoms with van der Waals surface area (Å²) >= 11 is 0. The van der Waals surface area contributed by atoms with Gasteiger partial charge in [-0.1, -0.05) is 0 Å². The molecule has 3 rings (SSSR count). The number of hydrogen-bond donors (Lipinski definition) is 2. The van der Waals surface area contributed by atoms with Crippen molar-refractivity contribution in [2.75, 3.05) is 18.2 Å². The number of nitrogens with two attached hydrogens (primary N) is 1. The van der Waals surface area contributed by atoms with Gasteiger partial charge < -0.3 is 15.8 Å². The number of nitrogen functional groups attached to an aromatic ring is 1. The number of ether oxygens (including phenoxy) is 1. The Morgan fingerprint density at radius 1 is 1.42 bits per heavy atom. The van der Waals surface area contributed by atoms with E-state index in [-0.39, 0.29) is 17.0 Å². The maximum atomic E-state index is 12.8. The molecule has 26 heavy (non-hydrogen) atoms. The number of pyridine rings is 1. The van der Waals surface area contributed by atoms with Gasteiger partial charge in [-0.05, 0) is 19.9 Å². The van der Waals surface area contributed by atoms with Crippen LogP contribution in [0.3, 0.4) is 0 Å². The van der Waals surface area contributed by atoms with Crippen LogP contribution < -0.4 is 15.8 Å². The van der Waals surface area contributed by atoms with E-state index >= 15 is 0 Å². The second-order valence-electron chi connectivity index (χ2n) is 6.11. The largest absolute Gasteiger partial charge is 0.494 e. The predicted octanol–water partition coefficient (Wildman–Crippen LogP) is 1.77. The van der Waals surface area contributed by atoms with E-state index in [1.807, 2.05) is 0 Å². The maximum Gasteiger partial charge on any atom is 0.263 e. The smallest absolute Gasteiger partial charge is 0.263 e. The Bertz CT molecular complexity index is 1030. The fraction of sp³-hybridized carbons (Fsp3) is 0.235. The molecule has 0 aliphatic heterocycles. The van der Waals surface area contributed by atoms with Gasteiger partial charge in [-0.25, -0.2) is 9.50 Å². The monoisotopic (exact) mass is 351 g/mol. The number of amides is 1. The lowest BCUT2D eigenvalue weighted by Crippen LogP contribution is -2.18. The summed E-state index contributed by atoms with van der Waals surface area (Å²) in [5, 5.41) is 16.1. The van der Waals surface area contributed by atoms with E-state index in [4.69, 9.17) is 10.5 Å². The van der Waals surface area contributed by atoms with Gasteiger partial charge in [0.15, 0.2) is 11.5 Å². The summed E-state index contributed by atoms with van der Waals surface area (Å²) in [7, 11) is 1.49. The molecule has 0 unspecified atom stereocenters. The van der Waals surface area contributed by atoms with E-state index in [1.165, 1.54) is 17.8 Å². The van der Waals surface area contributed by atoms with Gasteiger partial charge in [-0.3, -0.25) is 9.78 Å². The first kappa shape index (κ1) is 17.2. The van der Waals surface area contributed by atoms with Gasteiger partial charge in [0.05, 0.1) is 30.5 Å². The second kappa shape index (κ2) is 6.33. The molecule has 0 fully saturated rings. The Balaban J connectivity index is 2.06. The second-order valence-corrected chi connectivity index (χ2v) is 6.11. The van der Waals surface area contributed by atoms with Crippen molar-refractivity contribution < 1.29 is 9.53 Å². The summed E-state index contributed by atoms with van der Waals surface area (Å²) in [5.74, 6) is -0.00404. The number of carbonyl (C=O) groups is 1. The summed E-state index contributed by atoms with van der Waals surface area (Å²) in [6, 6.07) is 5.48. The molecule has 0 radical (unpaired) electrons. The van der Waals surface area contributed by atoms with Crippen LogP contribution in [0.2, 0.25) is 0 Å². The Morgan fingerprint density at radius 2 is 2.19 bits per heavy atom. The highest BCUT2D eigenvalue weighted by Gasteiger charge is 2.25. The molecule has 132 valence electrons. The first-order valence-corrected chi connectivity index (χ1v) is 7.73. The average molecular weight is 351 g/mol. The van der Waals surface area contributed by atoms with Gasteiger partial charge in [-0.2, -0.15) is 5.26 Å². The van der Waals surface area contributed by atoms with E-state index in [0.717, 1.165) is 0 Å². The first-order valence-electron chi connectivity index (χ1n) is 7.73. The maximum absolute atomic E-state index is 12.8. The Hall–Kier alpha value is -3.67. The van der Waals surface area contributed by atoms with E-state index in [2.05, 4.69) is 26.5 Å². The van der Waals surface area contributed by atoms with E-state index in [9.17, 15) is 10.1 Å². The molecule has 3 aromatic heterocycles. The normalized spacial score (nSPS) is 11.2. The zero-order valence-corrected chi connectivity index (χ0v) is 14.5. The van der Waals surface area contributed by atoms with Crippen molar-refractivity contribution in [3.63, 3.8) is 0 Å². The van der Waals surface area contributed by atoms with Gasteiger partial charge in [0.1, 0.15) is 17.0 Å². The van der Waals surface area contributed by atoms with Crippen LogP contribution in [-0.4, -0.2) is 32.6 Å². The average Bonchev–Trinajstić information content (AvgIpc) is 2.97. The molecule has 0 atom stereocenters. The van der Waals surface area contributed by atoms with Crippen molar-refractivity contribution >= 4 is 23.1 Å². The molecule has 3 N–H and O–H groups in total. The highest BCUT2D eigenvalue weighted by Crippen LogP contribution is 2.26. The molecular formula is C17H17N7O2. The lowest BCUT2D eigenvalue weighted by Gasteiger charge is -2.14. The van der Waals surface area contributed by atoms with Gasteiger partial charge >= 0.3 is 0 Å². The third-order valence-corrected chi connectivity index (χ3v) is 3.91. The SMILES string of the molecule is COc1ccncc1NC(=O)c1c(N)nn2ccc(C(C)(C)C#N)nc12. The van der Waals surface area contributed by atoms with Crippen molar-refractivity contribution in [3.05, 3.63) is 42.0 Å². The van der Waals surface area contributed by atoms with Crippen LogP contribution in [0.4, 0.5) is 11.5 Å². The van der Waals surface area contributed by atoms with Gasteiger partial charge in [-0.15, -0.1) is 5.10 Å². The standard InChI is InChI=1S/C17H17N7O2/c1-17(2,9-18)12-5-7-24-15(22-12)13(14(19)23-24)16(25)21-10-8-20-6-4-11(10)26-3/h4-8H,1-3H3,(H2,19,23)(H,21,25). The Morgan fingerprint density at radius 3 is 2.88 bits per heavy atom. The summed E-state index contributed by atoms with van der Waals surface area (Å²) in [5.41, 5.74) is 6.40. The number of nitrogens with one attached hydrogen (secondary N) is 1. The van der Waals surface area contributed by atoms with Crippen LogP contribution in [-0.2, 0) is 5.41 Å². The molecule has 1 amide bonds. The number of nitrogens with zero attached hydrogens (tertiary/aromatic N) is 5. The topological polar surface area (TPSA) is 131 Å². The fourth-order valence-corrected chi connectivity index (χ4v) is 2.41. The minimum Gasteiger partial charge on any atom is -0.494 e. The number of anilines is 2. The van der Waals surface area contributed by atoms with Crippen LogP contribution >= 0.6 is 0 Å². The minimum atomic E-state index is -0.818. The lowest BCUT2D eigenvalue weighted by molar-refractivity contribution is 0.102. The van der Waals surface area contributed by atoms with Gasteiger partial charge in [0.2, 0.25) is 0 Å². The van der Waals surface area contributed by atoms with E-state index < -0.39 is 11.3 Å². The molecule has 9 nitrogen and oxygen atoms in total. The third kappa shape index (κ3) is 2.88. The van der Waals surface area contributed by atoms with Crippen molar-refractivity contribution in [3.8, 4) is 11.8 Å². The molecule has 9 heteroatoms. The summed E-state index contributed by atoms with van der Waals surface area (Å²) in [6.07, 6.45) is 4.64. The molecular weight excluding hydrogens is 334 g/mol. The van der Waals surface area contributed by atoms with Crippen LogP contribution in [0.1, 0.15) is 29.9 Å². The summed E-state index contributed by atoms with van der Waals surface area (Å²) in [6.45, 7) is 3.48. The van der Waals surface area contributed by atoms with E-state index in [1.54, 1.807) is 38.4 Å². The van der Waals surface area contributed by atoms with Crippen LogP contribution in [0.15, 0.2) is 30.7 Å². The van der Waals surface area contributed by atoms with Crippen LogP contribution in [0.25, 0.3) is 5.65 Å². The van der Waals surface area contributed by atoms with Crippen LogP contribution in [0, 0.1) is 11.3 Å². The van der Waals surface area contributed by atoms with Gasteiger partial charge in [0.25, 0.3) is 5.91 Å². The summed E-state index contributed by atoms with van der Waals surface area (Å²) in [4.78, 5) is 21.2. The predicted molar refractivity (Wildman–Crippen MR) is 94.8 cm³/mol. The minimum absolute atomic E-state index is 0.0322. The molecule has 0 aromatic carbocycles. The highest BCUT2D eigenvalue weighted by molar-refractivity contribution is 6.12. The number of methoxy groups -OCH3 is 1. The van der Waals surface area contributed by atoms with E-state index in [0.29, 0.717) is 17.1 Å². The van der Waals surface area contributed by atoms with Crippen LogP contribution in [0.5, 0.6) is 5.75 Å². The number of nitriles is 1. The molecule has 0 saturated carbocycles. The summed E-state index contributed by atoms with van der Waals surface area (Å²) < 4.78 is 6.61.